The molecule has 3 aromatic carbocycles. The summed E-state index contributed by atoms with van der Waals surface area (Å²) in [5, 5.41) is 7.15. The molecule has 4 nitrogen and oxygen atoms in total. The number of carbonyl (C=O) groups excluding carboxylic acids is 1. The summed E-state index contributed by atoms with van der Waals surface area (Å²) in [6.07, 6.45) is 1.32. The van der Waals surface area contributed by atoms with E-state index in [0.717, 1.165) is 40.2 Å². The number of nitrogens with one attached hydrogen (secondary N) is 2. The van der Waals surface area contributed by atoms with Crippen LogP contribution in [0.3, 0.4) is 0 Å². The standard InChI is InChI=1S/C28H27FN2O2/c1-28(2)15-24-26(25(32)16-28)27(31-23-9-4-3-8-22(23)30-24)19-6-5-7-21(14-19)33-17-18-10-12-20(29)13-11-18/h3-14,27,30-31H,15-17H2,1-2H3. The number of fused-ring (bicyclic) bond motifs is 1. The predicted octanol–water partition coefficient (Wildman–Crippen LogP) is 6.63. The van der Waals surface area contributed by atoms with E-state index >= 15 is 0 Å². The highest BCUT2D eigenvalue weighted by Gasteiger charge is 2.38. The molecule has 0 amide bonds. The van der Waals surface area contributed by atoms with Crippen molar-refractivity contribution < 1.29 is 13.9 Å². The first-order valence-corrected chi connectivity index (χ1v) is 11.2. The topological polar surface area (TPSA) is 50.4 Å². The first-order chi connectivity index (χ1) is 15.9. The van der Waals surface area contributed by atoms with Gasteiger partial charge in [0, 0.05) is 17.7 Å². The van der Waals surface area contributed by atoms with E-state index in [1.807, 2.05) is 48.5 Å². The summed E-state index contributed by atoms with van der Waals surface area (Å²) < 4.78 is 19.2. The zero-order chi connectivity index (χ0) is 23.0. The van der Waals surface area contributed by atoms with Crippen LogP contribution < -0.4 is 15.4 Å². The second kappa shape index (κ2) is 8.39. The molecule has 0 saturated heterocycles. The molecule has 0 radical (unpaired) electrons. The quantitative estimate of drug-likeness (QED) is 0.476. The summed E-state index contributed by atoms with van der Waals surface area (Å²) in [5.41, 5.74) is 5.47. The van der Waals surface area contributed by atoms with Crippen LogP contribution in [0.5, 0.6) is 5.75 Å². The fourth-order valence-corrected chi connectivity index (χ4v) is 4.67. The number of rotatable bonds is 4. The van der Waals surface area contributed by atoms with E-state index in [1.54, 1.807) is 12.1 Å². The summed E-state index contributed by atoms with van der Waals surface area (Å²) in [7, 11) is 0. The third-order valence-electron chi connectivity index (χ3n) is 6.23. The molecule has 2 aliphatic rings. The van der Waals surface area contributed by atoms with Gasteiger partial charge in [0.1, 0.15) is 18.2 Å². The van der Waals surface area contributed by atoms with Crippen LogP contribution in [0.4, 0.5) is 15.8 Å². The van der Waals surface area contributed by atoms with Crippen LogP contribution in [0.1, 0.15) is 43.9 Å². The Morgan fingerprint density at radius 2 is 1.73 bits per heavy atom. The van der Waals surface area contributed by atoms with Crippen molar-refractivity contribution in [3.8, 4) is 5.75 Å². The molecule has 0 fully saturated rings. The van der Waals surface area contributed by atoms with E-state index in [0.29, 0.717) is 18.8 Å². The second-order valence-corrected chi connectivity index (χ2v) is 9.57. The lowest BCUT2D eigenvalue weighted by molar-refractivity contribution is -0.118. The van der Waals surface area contributed by atoms with Gasteiger partial charge < -0.3 is 15.4 Å². The summed E-state index contributed by atoms with van der Waals surface area (Å²) >= 11 is 0. The fourth-order valence-electron chi connectivity index (χ4n) is 4.67. The first-order valence-electron chi connectivity index (χ1n) is 11.2. The lowest BCUT2D eigenvalue weighted by Crippen LogP contribution is -2.31. The summed E-state index contributed by atoms with van der Waals surface area (Å²) in [6, 6.07) is 21.9. The minimum atomic E-state index is -0.283. The Labute approximate surface area is 193 Å². The second-order valence-electron chi connectivity index (χ2n) is 9.57. The number of hydrogen-bond acceptors (Lipinski definition) is 4. The van der Waals surface area contributed by atoms with Crippen LogP contribution in [0.15, 0.2) is 84.1 Å². The number of ketones is 1. The summed E-state index contributed by atoms with van der Waals surface area (Å²) in [4.78, 5) is 13.4. The van der Waals surface area contributed by atoms with Gasteiger partial charge in [-0.05, 0) is 59.4 Å². The van der Waals surface area contributed by atoms with E-state index in [1.165, 1.54) is 12.1 Å². The van der Waals surface area contributed by atoms with Gasteiger partial charge >= 0.3 is 0 Å². The van der Waals surface area contributed by atoms with Gasteiger partial charge in [-0.15, -0.1) is 0 Å². The molecule has 1 aliphatic heterocycles. The Morgan fingerprint density at radius 3 is 2.52 bits per heavy atom. The minimum absolute atomic E-state index is 0.0904. The molecule has 33 heavy (non-hydrogen) atoms. The van der Waals surface area contributed by atoms with Crippen LogP contribution >= 0.6 is 0 Å². The molecule has 5 rings (SSSR count). The molecule has 0 bridgehead atoms. The number of benzene rings is 3. The number of anilines is 2. The number of Topliss-reactive ketones (excluding diaryl/α,β-unsaturated/α-hetero) is 1. The van der Waals surface area contributed by atoms with Crippen LogP contribution in [0.25, 0.3) is 0 Å². The van der Waals surface area contributed by atoms with Gasteiger partial charge in [0.25, 0.3) is 0 Å². The highest BCUT2D eigenvalue weighted by atomic mass is 19.1. The molecular formula is C28H27FN2O2. The maximum Gasteiger partial charge on any atom is 0.163 e. The lowest BCUT2D eigenvalue weighted by atomic mass is 9.73. The molecule has 1 unspecified atom stereocenters. The van der Waals surface area contributed by atoms with Crippen LogP contribution in [-0.4, -0.2) is 5.78 Å². The Bertz CT molecular complexity index is 1230. The van der Waals surface area contributed by atoms with Gasteiger partial charge in [-0.3, -0.25) is 4.79 Å². The lowest BCUT2D eigenvalue weighted by Gasteiger charge is -2.34. The largest absolute Gasteiger partial charge is 0.489 e. The first kappa shape index (κ1) is 21.3. The monoisotopic (exact) mass is 442 g/mol. The van der Waals surface area contributed by atoms with Gasteiger partial charge in [-0.1, -0.05) is 50.2 Å². The van der Waals surface area contributed by atoms with Crippen LogP contribution in [0.2, 0.25) is 0 Å². The molecule has 3 aromatic rings. The van der Waals surface area contributed by atoms with Gasteiger partial charge in [-0.2, -0.15) is 0 Å². The number of hydrogen-bond donors (Lipinski definition) is 2. The van der Waals surface area contributed by atoms with Gasteiger partial charge in [0.2, 0.25) is 0 Å². The molecule has 0 saturated carbocycles. The third kappa shape index (κ3) is 4.49. The van der Waals surface area contributed by atoms with E-state index in [2.05, 4.69) is 24.5 Å². The molecule has 1 aliphatic carbocycles. The Morgan fingerprint density at radius 1 is 0.970 bits per heavy atom. The zero-order valence-electron chi connectivity index (χ0n) is 18.8. The molecule has 168 valence electrons. The van der Waals surface area contributed by atoms with Gasteiger partial charge in [0.15, 0.2) is 5.78 Å². The fraction of sp³-hybridized carbons (Fsp3) is 0.250. The smallest absolute Gasteiger partial charge is 0.163 e. The highest BCUT2D eigenvalue weighted by molar-refractivity contribution is 6.01. The van der Waals surface area contributed by atoms with E-state index < -0.39 is 0 Å². The maximum absolute atomic E-state index is 13.4. The van der Waals surface area contributed by atoms with Crippen molar-refractivity contribution in [3.05, 3.63) is 101 Å². The predicted molar refractivity (Wildman–Crippen MR) is 129 cm³/mol. The van der Waals surface area contributed by atoms with Crippen LogP contribution in [0, 0.1) is 11.2 Å². The number of ether oxygens (including phenoxy) is 1. The third-order valence-corrected chi connectivity index (χ3v) is 6.23. The van der Waals surface area contributed by atoms with Crippen molar-refractivity contribution in [2.24, 2.45) is 5.41 Å². The Balaban J connectivity index is 1.49. The molecule has 1 heterocycles. The van der Waals surface area contributed by atoms with E-state index in [9.17, 15) is 9.18 Å². The van der Waals surface area contributed by atoms with Crippen molar-refractivity contribution in [2.45, 2.75) is 39.3 Å². The summed E-state index contributed by atoms with van der Waals surface area (Å²) in [5.74, 6) is 0.602. The van der Waals surface area contributed by atoms with Crippen molar-refractivity contribution in [1.82, 2.24) is 0 Å². The van der Waals surface area contributed by atoms with Crippen molar-refractivity contribution in [3.63, 3.8) is 0 Å². The van der Waals surface area contributed by atoms with E-state index in [-0.39, 0.29) is 23.1 Å². The average Bonchev–Trinajstić information content (AvgIpc) is 2.94. The molecule has 2 N–H and O–H groups in total. The maximum atomic E-state index is 13.4. The number of carbonyl (C=O) groups is 1. The number of allylic oxidation sites excluding steroid dienone is 1. The zero-order valence-corrected chi connectivity index (χ0v) is 18.8. The molecule has 5 heteroatoms. The minimum Gasteiger partial charge on any atom is -0.489 e. The highest BCUT2D eigenvalue weighted by Crippen LogP contribution is 2.45. The van der Waals surface area contributed by atoms with Crippen molar-refractivity contribution in [1.29, 1.82) is 0 Å². The average molecular weight is 443 g/mol. The summed E-state index contributed by atoms with van der Waals surface area (Å²) in [6.45, 7) is 4.62. The van der Waals surface area contributed by atoms with Gasteiger partial charge in [0.05, 0.1) is 17.4 Å². The Kier molecular flexibility index (Phi) is 5.41. The Hall–Kier alpha value is -3.60. The molecule has 0 aromatic heterocycles. The van der Waals surface area contributed by atoms with Gasteiger partial charge in [-0.25, -0.2) is 4.39 Å². The van der Waals surface area contributed by atoms with Crippen molar-refractivity contribution in [2.75, 3.05) is 10.6 Å². The molecule has 1 atom stereocenters. The normalized spacial score (nSPS) is 19.0. The van der Waals surface area contributed by atoms with Crippen LogP contribution in [-0.2, 0) is 11.4 Å². The van der Waals surface area contributed by atoms with E-state index in [4.69, 9.17) is 4.74 Å². The SMILES string of the molecule is CC1(C)CC(=O)C2=C(C1)Nc1ccccc1NC2c1cccc(OCc2ccc(F)cc2)c1. The molecular weight excluding hydrogens is 415 g/mol. The number of halogens is 1. The number of para-hydroxylation sites is 2. The molecule has 0 spiro atoms. The van der Waals surface area contributed by atoms with Crippen molar-refractivity contribution >= 4 is 17.2 Å².